The molecule has 2 aliphatic heterocycles. The second-order valence-electron chi connectivity index (χ2n) is 10.4. The number of fused-ring (bicyclic) bond motifs is 1. The van der Waals surface area contributed by atoms with Crippen molar-refractivity contribution in [2.75, 3.05) is 38.1 Å². The molecule has 202 valence electrons. The van der Waals surface area contributed by atoms with E-state index in [1.165, 1.54) is 23.4 Å². The van der Waals surface area contributed by atoms with Crippen LogP contribution < -0.4 is 5.32 Å². The van der Waals surface area contributed by atoms with Crippen molar-refractivity contribution in [2.24, 2.45) is 5.92 Å². The van der Waals surface area contributed by atoms with Gasteiger partial charge in [-0.2, -0.15) is 0 Å². The molecule has 0 saturated carbocycles. The molecule has 2 fully saturated rings. The molecule has 9 heteroatoms. The van der Waals surface area contributed by atoms with Crippen LogP contribution in [0.25, 0.3) is 10.9 Å². The maximum Gasteiger partial charge on any atom is 0.321 e. The molecule has 0 radical (unpaired) electrons. The van der Waals surface area contributed by atoms with Crippen LogP contribution in [0.4, 0.5) is 10.5 Å². The monoisotopic (exact) mass is 556 g/mol. The Hall–Kier alpha value is -2.74. The lowest BCUT2D eigenvalue weighted by Crippen LogP contribution is -2.51. The van der Waals surface area contributed by atoms with Gasteiger partial charge in [0.25, 0.3) is 0 Å². The minimum atomic E-state index is -0.248. The number of piperidine rings is 2. The number of ether oxygens (including phenoxy) is 1. The van der Waals surface area contributed by atoms with Gasteiger partial charge in [-0.15, -0.1) is 0 Å². The molecule has 0 spiro atoms. The number of nitrogens with one attached hydrogen (secondary N) is 2. The number of H-pyrrole nitrogens is 1. The molecule has 2 N–H and O–H groups in total. The number of esters is 1. The fourth-order valence-electron chi connectivity index (χ4n) is 5.98. The van der Waals surface area contributed by atoms with E-state index >= 15 is 0 Å². The first-order valence-electron chi connectivity index (χ1n) is 13.3. The minimum absolute atomic E-state index is 0.141. The second-order valence-corrected chi connectivity index (χ2v) is 11.2. The highest BCUT2D eigenvalue weighted by atomic mass is 35.5. The van der Waals surface area contributed by atoms with Crippen molar-refractivity contribution in [1.29, 1.82) is 0 Å². The number of para-hydroxylation sites is 1. The van der Waals surface area contributed by atoms with Gasteiger partial charge in [0.2, 0.25) is 0 Å². The molecule has 7 nitrogen and oxygen atoms in total. The van der Waals surface area contributed by atoms with E-state index in [9.17, 15) is 9.59 Å². The number of anilines is 1. The zero-order chi connectivity index (χ0) is 26.6. The van der Waals surface area contributed by atoms with Gasteiger partial charge in [-0.1, -0.05) is 41.4 Å². The van der Waals surface area contributed by atoms with Crippen LogP contribution in [0.5, 0.6) is 0 Å². The van der Waals surface area contributed by atoms with E-state index in [1.807, 2.05) is 4.90 Å². The summed E-state index contributed by atoms with van der Waals surface area (Å²) >= 11 is 12.1. The van der Waals surface area contributed by atoms with Gasteiger partial charge in [-0.05, 0) is 80.4 Å². The summed E-state index contributed by atoms with van der Waals surface area (Å²) in [4.78, 5) is 32.3. The number of hydrogen-bond donors (Lipinski definition) is 2. The fourth-order valence-corrected chi connectivity index (χ4v) is 6.28. The Balaban J connectivity index is 1.19. The van der Waals surface area contributed by atoms with Crippen molar-refractivity contribution < 1.29 is 14.3 Å². The van der Waals surface area contributed by atoms with E-state index in [-0.39, 0.29) is 18.0 Å². The van der Waals surface area contributed by atoms with Crippen LogP contribution in [0, 0.1) is 5.92 Å². The number of carbonyl (C=O) groups excluding carboxylic acids is 2. The number of benzene rings is 2. The van der Waals surface area contributed by atoms with Gasteiger partial charge in [-0.3, -0.25) is 9.69 Å². The number of likely N-dealkylation sites (tertiary alicyclic amines) is 2. The first-order chi connectivity index (χ1) is 18.4. The van der Waals surface area contributed by atoms with E-state index < -0.39 is 0 Å². The second kappa shape index (κ2) is 12.0. The molecule has 0 aliphatic carbocycles. The van der Waals surface area contributed by atoms with Gasteiger partial charge in [0.1, 0.15) is 6.61 Å². The minimum Gasteiger partial charge on any atom is -0.464 e. The van der Waals surface area contributed by atoms with E-state index in [1.54, 1.807) is 18.2 Å². The van der Waals surface area contributed by atoms with E-state index in [0.29, 0.717) is 47.3 Å². The van der Waals surface area contributed by atoms with Crippen molar-refractivity contribution >= 4 is 51.8 Å². The predicted molar refractivity (Wildman–Crippen MR) is 152 cm³/mol. The van der Waals surface area contributed by atoms with Crippen molar-refractivity contribution in [3.63, 3.8) is 0 Å². The normalized spacial score (nSPS) is 18.4. The lowest BCUT2D eigenvalue weighted by Gasteiger charge is -2.43. The summed E-state index contributed by atoms with van der Waals surface area (Å²) in [7, 11) is 0. The third-order valence-corrected chi connectivity index (χ3v) is 8.80. The number of rotatable bonds is 6. The van der Waals surface area contributed by atoms with Crippen LogP contribution in [0.3, 0.4) is 0 Å². The number of aromatic amines is 1. The number of amides is 2. The first-order valence-corrected chi connectivity index (χ1v) is 14.1. The Morgan fingerprint density at radius 3 is 2.47 bits per heavy atom. The quantitative estimate of drug-likeness (QED) is 0.338. The van der Waals surface area contributed by atoms with Crippen molar-refractivity contribution in [1.82, 2.24) is 14.8 Å². The molecule has 2 aliphatic rings. The summed E-state index contributed by atoms with van der Waals surface area (Å²) in [5.74, 6) is 0.624. The summed E-state index contributed by atoms with van der Waals surface area (Å²) in [5, 5.41) is 5.09. The summed E-state index contributed by atoms with van der Waals surface area (Å²) in [6.07, 6.45) is 6.04. The molecule has 0 bridgehead atoms. The molecule has 5 rings (SSSR count). The molecule has 1 aromatic heterocycles. The zero-order valence-corrected chi connectivity index (χ0v) is 23.1. The predicted octanol–water partition coefficient (Wildman–Crippen LogP) is 6.53. The van der Waals surface area contributed by atoms with Gasteiger partial charge in [0.05, 0.1) is 10.0 Å². The number of nitrogens with zero attached hydrogens (tertiary/aromatic N) is 2. The molecule has 38 heavy (non-hydrogen) atoms. The van der Waals surface area contributed by atoms with E-state index in [0.717, 1.165) is 38.8 Å². The van der Waals surface area contributed by atoms with Gasteiger partial charge in [0, 0.05) is 48.8 Å². The third-order valence-electron chi connectivity index (χ3n) is 8.06. The molecule has 1 atom stereocenters. The number of hydrogen-bond acceptors (Lipinski definition) is 4. The molecule has 2 amide bonds. The Morgan fingerprint density at radius 1 is 1.03 bits per heavy atom. The van der Waals surface area contributed by atoms with Gasteiger partial charge < -0.3 is 19.9 Å². The average Bonchev–Trinajstić information content (AvgIpc) is 3.36. The van der Waals surface area contributed by atoms with Crippen molar-refractivity contribution in [3.8, 4) is 0 Å². The Labute approximate surface area is 233 Å². The zero-order valence-electron chi connectivity index (χ0n) is 21.6. The van der Waals surface area contributed by atoms with Gasteiger partial charge in [-0.25, -0.2) is 4.79 Å². The Morgan fingerprint density at radius 2 is 1.76 bits per heavy atom. The summed E-state index contributed by atoms with van der Waals surface area (Å²) in [5.41, 5.74) is 3.21. The van der Waals surface area contributed by atoms with Crippen molar-refractivity contribution in [2.45, 2.75) is 44.6 Å². The Kier molecular flexibility index (Phi) is 8.46. The SMILES string of the molecule is CC(=O)OCC(C1CCN(C(=O)Nc2ccc(Cl)c(Cl)c2)CC1)N1CCC(c2c[nH]c3ccccc23)CC1. The van der Waals surface area contributed by atoms with Crippen LogP contribution in [-0.2, 0) is 9.53 Å². The number of carbonyl (C=O) groups is 2. The Bertz CT molecular complexity index is 1280. The molecular formula is C29H34Cl2N4O3. The van der Waals surface area contributed by atoms with E-state index in [2.05, 4.69) is 45.7 Å². The van der Waals surface area contributed by atoms with Gasteiger partial charge in [0.15, 0.2) is 0 Å². The molecule has 3 aromatic rings. The number of halogens is 2. The van der Waals surface area contributed by atoms with Crippen LogP contribution in [0.2, 0.25) is 10.0 Å². The lowest BCUT2D eigenvalue weighted by molar-refractivity contribution is -0.144. The van der Waals surface area contributed by atoms with Gasteiger partial charge >= 0.3 is 12.0 Å². The highest BCUT2D eigenvalue weighted by Crippen LogP contribution is 2.35. The van der Waals surface area contributed by atoms with Crippen LogP contribution >= 0.6 is 23.2 Å². The van der Waals surface area contributed by atoms with Crippen LogP contribution in [-0.4, -0.2) is 65.6 Å². The van der Waals surface area contributed by atoms with E-state index in [4.69, 9.17) is 27.9 Å². The summed E-state index contributed by atoms with van der Waals surface area (Å²) in [6.45, 7) is 5.10. The molecule has 1 unspecified atom stereocenters. The standard InChI is InChI=1S/C29H34Cl2N4O3/c1-19(36)38-18-28(34-12-8-20(9-13-34)24-17-32-27-5-3-2-4-23(24)27)21-10-14-35(15-11-21)29(37)33-22-6-7-25(30)26(31)16-22/h2-7,16-17,20-21,28,32H,8-15,18H2,1H3,(H,33,37). The number of urea groups is 1. The molecule has 2 aromatic carbocycles. The lowest BCUT2D eigenvalue weighted by atomic mass is 9.84. The summed E-state index contributed by atoms with van der Waals surface area (Å²) in [6, 6.07) is 13.6. The maximum absolute atomic E-state index is 12.9. The summed E-state index contributed by atoms with van der Waals surface area (Å²) < 4.78 is 5.54. The smallest absolute Gasteiger partial charge is 0.321 e. The van der Waals surface area contributed by atoms with Crippen LogP contribution in [0.15, 0.2) is 48.7 Å². The average molecular weight is 558 g/mol. The highest BCUT2D eigenvalue weighted by Gasteiger charge is 2.35. The van der Waals surface area contributed by atoms with Crippen LogP contribution in [0.1, 0.15) is 44.1 Å². The number of aromatic nitrogens is 1. The maximum atomic E-state index is 12.9. The largest absolute Gasteiger partial charge is 0.464 e. The third kappa shape index (κ3) is 6.11. The first kappa shape index (κ1) is 26.9. The molecular weight excluding hydrogens is 523 g/mol. The van der Waals surface area contributed by atoms with Crippen molar-refractivity contribution in [3.05, 3.63) is 64.3 Å². The fraction of sp³-hybridized carbons (Fsp3) is 0.448. The molecule has 2 saturated heterocycles. The molecule has 3 heterocycles. The highest BCUT2D eigenvalue weighted by molar-refractivity contribution is 6.42. The topological polar surface area (TPSA) is 77.7 Å².